The van der Waals surface area contributed by atoms with Crippen molar-refractivity contribution in [1.82, 2.24) is 20.1 Å². The number of hydrogen-bond donors (Lipinski definition) is 3. The quantitative estimate of drug-likeness (QED) is 0.586. The van der Waals surface area contributed by atoms with Gasteiger partial charge in [0.1, 0.15) is 12.9 Å². The lowest BCUT2D eigenvalue weighted by molar-refractivity contribution is -0.122. The lowest BCUT2D eigenvalue weighted by Crippen LogP contribution is -2.37. The molecular formula is C9H17N5O2. The summed E-state index contributed by atoms with van der Waals surface area (Å²) in [5.74, 6) is -0.0135. The van der Waals surface area contributed by atoms with E-state index in [1.165, 1.54) is 11.0 Å². The summed E-state index contributed by atoms with van der Waals surface area (Å²) < 4.78 is 1.37. The predicted molar refractivity (Wildman–Crippen MR) is 58.4 cm³/mol. The van der Waals surface area contributed by atoms with Crippen LogP contribution in [-0.4, -0.2) is 38.4 Å². The molecule has 0 saturated heterocycles. The van der Waals surface area contributed by atoms with Crippen molar-refractivity contribution >= 4 is 11.9 Å². The Bertz CT molecular complexity index is 338. The fraction of sp³-hybridized carbons (Fsp3) is 0.667. The van der Waals surface area contributed by atoms with Crippen molar-refractivity contribution in [3.63, 3.8) is 0 Å². The minimum atomic E-state index is -0.162. The van der Waals surface area contributed by atoms with Crippen LogP contribution in [0, 0.1) is 0 Å². The lowest BCUT2D eigenvalue weighted by atomic mass is 10.1. The smallest absolute Gasteiger partial charge is 0.242 e. The Morgan fingerprint density at radius 2 is 2.50 bits per heavy atom. The van der Waals surface area contributed by atoms with E-state index in [0.717, 1.165) is 6.42 Å². The Hall–Kier alpha value is -1.63. The third-order valence-corrected chi connectivity index (χ3v) is 2.20. The maximum absolute atomic E-state index is 11.5. The SMILES string of the molecule is CCC(CCO)NC(=O)Cn1cnc(N)n1. The largest absolute Gasteiger partial charge is 0.396 e. The average molecular weight is 227 g/mol. The molecule has 7 nitrogen and oxygen atoms in total. The fourth-order valence-corrected chi connectivity index (χ4v) is 1.34. The summed E-state index contributed by atoms with van der Waals surface area (Å²) in [6, 6.07) is -0.00151. The van der Waals surface area contributed by atoms with Crippen LogP contribution in [0.5, 0.6) is 0 Å². The summed E-state index contributed by atoms with van der Waals surface area (Å²) in [7, 11) is 0. The molecule has 1 aromatic rings. The van der Waals surface area contributed by atoms with Gasteiger partial charge in [0, 0.05) is 12.6 Å². The number of aliphatic hydroxyl groups is 1. The average Bonchev–Trinajstić information content (AvgIpc) is 2.63. The number of anilines is 1. The summed E-state index contributed by atoms with van der Waals surface area (Å²) in [5, 5.41) is 15.4. The maximum Gasteiger partial charge on any atom is 0.242 e. The van der Waals surface area contributed by atoms with Crippen molar-refractivity contribution in [3.8, 4) is 0 Å². The molecule has 7 heteroatoms. The van der Waals surface area contributed by atoms with E-state index in [-0.39, 0.29) is 31.0 Å². The zero-order valence-corrected chi connectivity index (χ0v) is 9.26. The van der Waals surface area contributed by atoms with Crippen LogP contribution >= 0.6 is 0 Å². The van der Waals surface area contributed by atoms with Gasteiger partial charge in [0.25, 0.3) is 0 Å². The molecule has 0 spiro atoms. The molecule has 0 bridgehead atoms. The van der Waals surface area contributed by atoms with Crippen molar-refractivity contribution in [2.24, 2.45) is 0 Å². The Labute approximate surface area is 93.7 Å². The van der Waals surface area contributed by atoms with Gasteiger partial charge < -0.3 is 16.2 Å². The number of aromatic nitrogens is 3. The van der Waals surface area contributed by atoms with Crippen LogP contribution in [0.1, 0.15) is 19.8 Å². The first-order valence-electron chi connectivity index (χ1n) is 5.20. The molecule has 0 aromatic carbocycles. The molecule has 1 rings (SSSR count). The van der Waals surface area contributed by atoms with Gasteiger partial charge in [0.05, 0.1) is 0 Å². The first kappa shape index (κ1) is 12.4. The molecule has 1 heterocycles. The highest BCUT2D eigenvalue weighted by atomic mass is 16.3. The van der Waals surface area contributed by atoms with E-state index in [0.29, 0.717) is 6.42 Å². The number of amides is 1. The molecule has 0 radical (unpaired) electrons. The standard InChI is InChI=1S/C9H17N5O2/c1-2-7(3-4-15)12-8(16)5-14-6-11-9(10)13-14/h6-7,15H,2-5H2,1H3,(H2,10,13)(H,12,16). The van der Waals surface area contributed by atoms with Crippen molar-refractivity contribution < 1.29 is 9.90 Å². The summed E-state index contributed by atoms with van der Waals surface area (Å²) >= 11 is 0. The Morgan fingerprint density at radius 3 is 3.00 bits per heavy atom. The van der Waals surface area contributed by atoms with E-state index in [4.69, 9.17) is 10.8 Å². The van der Waals surface area contributed by atoms with E-state index >= 15 is 0 Å². The van der Waals surface area contributed by atoms with E-state index in [2.05, 4.69) is 15.4 Å². The van der Waals surface area contributed by atoms with E-state index in [1.54, 1.807) is 0 Å². The van der Waals surface area contributed by atoms with Crippen LogP contribution in [0.15, 0.2) is 6.33 Å². The van der Waals surface area contributed by atoms with Gasteiger partial charge in [0.2, 0.25) is 11.9 Å². The van der Waals surface area contributed by atoms with E-state index in [1.807, 2.05) is 6.92 Å². The summed E-state index contributed by atoms with van der Waals surface area (Å²) in [5.41, 5.74) is 5.32. The number of carbonyl (C=O) groups excluding carboxylic acids is 1. The highest BCUT2D eigenvalue weighted by Crippen LogP contribution is 1.97. The molecule has 16 heavy (non-hydrogen) atoms. The normalized spacial score (nSPS) is 12.4. The minimum Gasteiger partial charge on any atom is -0.396 e. The number of aliphatic hydroxyl groups excluding tert-OH is 1. The second-order valence-corrected chi connectivity index (χ2v) is 3.49. The van der Waals surface area contributed by atoms with Gasteiger partial charge in [-0.05, 0) is 12.8 Å². The molecule has 0 saturated carbocycles. The highest BCUT2D eigenvalue weighted by molar-refractivity contribution is 5.75. The molecule has 1 aromatic heterocycles. The van der Waals surface area contributed by atoms with Gasteiger partial charge in [-0.15, -0.1) is 5.10 Å². The molecule has 90 valence electrons. The third kappa shape index (κ3) is 3.85. The molecule has 0 aliphatic carbocycles. The van der Waals surface area contributed by atoms with Gasteiger partial charge in [-0.2, -0.15) is 0 Å². The number of nitrogens with two attached hydrogens (primary N) is 1. The van der Waals surface area contributed by atoms with Gasteiger partial charge in [-0.25, -0.2) is 9.67 Å². The van der Waals surface area contributed by atoms with Crippen LogP contribution in [0.25, 0.3) is 0 Å². The summed E-state index contributed by atoms with van der Waals surface area (Å²) in [6.07, 6.45) is 2.75. The maximum atomic E-state index is 11.5. The van der Waals surface area contributed by atoms with Gasteiger partial charge in [-0.1, -0.05) is 6.92 Å². The van der Waals surface area contributed by atoms with Crippen LogP contribution in [-0.2, 0) is 11.3 Å². The zero-order chi connectivity index (χ0) is 12.0. The molecule has 1 amide bonds. The number of rotatable bonds is 6. The summed E-state index contributed by atoms with van der Waals surface area (Å²) in [6.45, 7) is 2.11. The van der Waals surface area contributed by atoms with Crippen LogP contribution in [0.2, 0.25) is 0 Å². The Morgan fingerprint density at radius 1 is 1.75 bits per heavy atom. The third-order valence-electron chi connectivity index (χ3n) is 2.20. The second-order valence-electron chi connectivity index (χ2n) is 3.49. The highest BCUT2D eigenvalue weighted by Gasteiger charge is 2.10. The van der Waals surface area contributed by atoms with E-state index in [9.17, 15) is 4.79 Å². The second kappa shape index (κ2) is 6.06. The molecule has 0 fully saturated rings. The molecular weight excluding hydrogens is 210 g/mol. The first-order chi connectivity index (χ1) is 7.65. The van der Waals surface area contributed by atoms with Gasteiger partial charge in [-0.3, -0.25) is 4.79 Å². The van der Waals surface area contributed by atoms with Gasteiger partial charge in [0.15, 0.2) is 0 Å². The topological polar surface area (TPSA) is 106 Å². The number of nitrogens with one attached hydrogen (secondary N) is 1. The number of nitrogen functional groups attached to an aromatic ring is 1. The number of nitrogens with zero attached hydrogens (tertiary/aromatic N) is 3. The first-order valence-corrected chi connectivity index (χ1v) is 5.20. The molecule has 0 aliphatic rings. The van der Waals surface area contributed by atoms with Crippen molar-refractivity contribution in [1.29, 1.82) is 0 Å². The fourth-order valence-electron chi connectivity index (χ4n) is 1.34. The zero-order valence-electron chi connectivity index (χ0n) is 9.26. The van der Waals surface area contributed by atoms with Crippen molar-refractivity contribution in [2.45, 2.75) is 32.4 Å². The van der Waals surface area contributed by atoms with Crippen LogP contribution in [0.4, 0.5) is 5.95 Å². The molecule has 0 aliphatic heterocycles. The van der Waals surface area contributed by atoms with Crippen LogP contribution < -0.4 is 11.1 Å². The summed E-state index contributed by atoms with van der Waals surface area (Å²) in [4.78, 5) is 15.3. The molecule has 1 atom stereocenters. The van der Waals surface area contributed by atoms with Crippen LogP contribution in [0.3, 0.4) is 0 Å². The van der Waals surface area contributed by atoms with Gasteiger partial charge >= 0.3 is 0 Å². The molecule has 1 unspecified atom stereocenters. The number of carbonyl (C=O) groups is 1. The lowest BCUT2D eigenvalue weighted by Gasteiger charge is -2.15. The minimum absolute atomic E-state index is 0.00151. The van der Waals surface area contributed by atoms with Crippen molar-refractivity contribution in [2.75, 3.05) is 12.3 Å². The number of hydrogen-bond acceptors (Lipinski definition) is 5. The monoisotopic (exact) mass is 227 g/mol. The molecule has 4 N–H and O–H groups in total. The van der Waals surface area contributed by atoms with Crippen molar-refractivity contribution in [3.05, 3.63) is 6.33 Å². The Kier molecular flexibility index (Phi) is 4.71. The van der Waals surface area contributed by atoms with E-state index < -0.39 is 0 Å². The predicted octanol–water partition coefficient (Wildman–Crippen LogP) is -0.862. The Balaban J connectivity index is 2.40.